The minimum atomic E-state index is -0.523. The summed E-state index contributed by atoms with van der Waals surface area (Å²) in [5, 5.41) is 1.36. The predicted octanol–water partition coefficient (Wildman–Crippen LogP) is 5.55. The smallest absolute Gasteiger partial charge is 0.335 e. The number of esters is 1. The predicted molar refractivity (Wildman–Crippen MR) is 107 cm³/mol. The molecule has 4 heteroatoms. The molecule has 1 aromatic heterocycles. The van der Waals surface area contributed by atoms with E-state index in [1.54, 1.807) is 18.2 Å². The van der Waals surface area contributed by atoms with Gasteiger partial charge in [-0.05, 0) is 48.6 Å². The van der Waals surface area contributed by atoms with E-state index in [4.69, 9.17) is 4.74 Å². The highest BCUT2D eigenvalue weighted by atomic mass is 32.1. The van der Waals surface area contributed by atoms with Crippen molar-refractivity contribution >= 4 is 37.5 Å². The van der Waals surface area contributed by atoms with Gasteiger partial charge in [-0.15, -0.1) is 11.3 Å². The second kappa shape index (κ2) is 7.04. The zero-order chi connectivity index (χ0) is 18.1. The van der Waals surface area contributed by atoms with Crippen LogP contribution in [0.15, 0.2) is 53.8 Å². The molecule has 2 aromatic carbocycles. The highest BCUT2D eigenvalue weighted by Gasteiger charge is 2.17. The fraction of sp³-hybridized carbons (Fsp3) is 0.273. The molecule has 1 heterocycles. The molecule has 1 fully saturated rings. The third-order valence-corrected chi connectivity index (χ3v) is 6.34. The van der Waals surface area contributed by atoms with Gasteiger partial charge in [-0.3, -0.25) is 4.79 Å². The lowest BCUT2D eigenvalue weighted by Crippen LogP contribution is -2.08. The third-order valence-electron chi connectivity index (χ3n) is 5.14. The molecule has 26 heavy (non-hydrogen) atoms. The Labute approximate surface area is 155 Å². The number of ether oxygens (including phenoxy) is 1. The van der Waals surface area contributed by atoms with Crippen molar-refractivity contribution in [3.63, 3.8) is 0 Å². The van der Waals surface area contributed by atoms with Crippen LogP contribution in [0.5, 0.6) is 5.75 Å². The summed E-state index contributed by atoms with van der Waals surface area (Å²) in [7, 11) is 0. The topological polar surface area (TPSA) is 43.4 Å². The van der Waals surface area contributed by atoms with Crippen molar-refractivity contribution in [2.45, 2.75) is 38.0 Å². The Morgan fingerprint density at radius 2 is 1.92 bits per heavy atom. The van der Waals surface area contributed by atoms with E-state index in [0.717, 1.165) is 16.2 Å². The summed E-state index contributed by atoms with van der Waals surface area (Å²) in [4.78, 5) is 24.7. The molecule has 0 N–H and O–H groups in total. The summed E-state index contributed by atoms with van der Waals surface area (Å²) in [5.41, 5.74) is 1.28. The summed E-state index contributed by atoms with van der Waals surface area (Å²) >= 11 is 1.49. The molecule has 0 atom stereocenters. The zero-order valence-electron chi connectivity index (χ0n) is 14.5. The Kier molecular flexibility index (Phi) is 4.60. The molecular formula is C22H20O3S. The van der Waals surface area contributed by atoms with Gasteiger partial charge in [0.1, 0.15) is 5.75 Å². The average molecular weight is 364 g/mol. The molecule has 0 saturated heterocycles. The van der Waals surface area contributed by atoms with Crippen LogP contribution >= 0.6 is 11.3 Å². The van der Waals surface area contributed by atoms with E-state index in [9.17, 15) is 9.59 Å². The van der Waals surface area contributed by atoms with Gasteiger partial charge in [0.15, 0.2) is 5.43 Å². The van der Waals surface area contributed by atoms with Gasteiger partial charge in [0.05, 0.1) is 4.70 Å². The van der Waals surface area contributed by atoms with Crippen LogP contribution < -0.4 is 10.2 Å². The van der Waals surface area contributed by atoms with Crippen molar-refractivity contribution in [1.82, 2.24) is 0 Å². The van der Waals surface area contributed by atoms with Gasteiger partial charge in [0.2, 0.25) is 0 Å². The second-order valence-corrected chi connectivity index (χ2v) is 7.83. The summed E-state index contributed by atoms with van der Waals surface area (Å²) in [5.74, 6) is 0.450. The van der Waals surface area contributed by atoms with E-state index in [2.05, 4.69) is 18.7 Å². The molecule has 1 aliphatic carbocycles. The van der Waals surface area contributed by atoms with E-state index in [0.29, 0.717) is 21.8 Å². The fourth-order valence-electron chi connectivity index (χ4n) is 3.79. The number of hydrogen-bond donors (Lipinski definition) is 0. The molecule has 0 bridgehead atoms. The Morgan fingerprint density at radius 3 is 2.69 bits per heavy atom. The Hall–Kier alpha value is -2.46. The normalized spacial score (nSPS) is 15.2. The summed E-state index contributed by atoms with van der Waals surface area (Å²) < 4.78 is 6.93. The van der Waals surface area contributed by atoms with E-state index >= 15 is 0 Å². The minimum Gasteiger partial charge on any atom is -0.422 e. The van der Waals surface area contributed by atoms with Crippen LogP contribution in [0.4, 0.5) is 0 Å². The molecule has 0 aliphatic heterocycles. The van der Waals surface area contributed by atoms with Crippen molar-refractivity contribution in [3.05, 3.63) is 64.8 Å². The first-order valence-electron chi connectivity index (χ1n) is 9.01. The van der Waals surface area contributed by atoms with Crippen molar-refractivity contribution in [2.75, 3.05) is 0 Å². The monoisotopic (exact) mass is 364 g/mol. The van der Waals surface area contributed by atoms with Crippen LogP contribution in [-0.2, 0) is 4.79 Å². The number of carbonyl (C=O) groups is 1. The molecular weight excluding hydrogens is 344 g/mol. The molecule has 3 aromatic rings. The molecule has 0 unspecified atom stereocenters. The maximum Gasteiger partial charge on any atom is 0.335 e. The Bertz CT molecular complexity index is 1060. The van der Waals surface area contributed by atoms with Gasteiger partial charge in [0.25, 0.3) is 0 Å². The SMILES string of the molecule is C=CC(=O)Oc1cccc2c(=O)c3cc(C4CCCCC4)ccc3sc12. The van der Waals surface area contributed by atoms with Gasteiger partial charge >= 0.3 is 5.97 Å². The standard InChI is InChI=1S/C22H20O3S/c1-2-20(23)25-18-10-6-9-16-21(24)17-13-15(14-7-4-3-5-8-14)11-12-19(17)26-22(16)18/h2,6,9-14H,1,3-5,7-8H2. The molecule has 0 spiro atoms. The van der Waals surface area contributed by atoms with Crippen LogP contribution in [0.1, 0.15) is 43.6 Å². The van der Waals surface area contributed by atoms with Gasteiger partial charge in [-0.25, -0.2) is 4.79 Å². The fourth-order valence-corrected chi connectivity index (χ4v) is 4.89. The van der Waals surface area contributed by atoms with Crippen LogP contribution in [0.2, 0.25) is 0 Å². The van der Waals surface area contributed by atoms with Crippen molar-refractivity contribution in [2.24, 2.45) is 0 Å². The van der Waals surface area contributed by atoms with Crippen LogP contribution in [0, 0.1) is 0 Å². The van der Waals surface area contributed by atoms with E-state index in [1.165, 1.54) is 49.0 Å². The Balaban J connectivity index is 1.87. The highest BCUT2D eigenvalue weighted by molar-refractivity contribution is 7.24. The third kappa shape index (κ3) is 3.06. The first-order chi connectivity index (χ1) is 12.7. The molecule has 0 amide bonds. The van der Waals surface area contributed by atoms with Gasteiger partial charge < -0.3 is 4.74 Å². The Morgan fingerprint density at radius 1 is 1.12 bits per heavy atom. The molecule has 4 rings (SSSR count). The number of fused-ring (bicyclic) bond motifs is 2. The van der Waals surface area contributed by atoms with Crippen LogP contribution in [-0.4, -0.2) is 5.97 Å². The van der Waals surface area contributed by atoms with Gasteiger partial charge in [0, 0.05) is 21.5 Å². The maximum atomic E-state index is 13.1. The van der Waals surface area contributed by atoms with Crippen molar-refractivity contribution < 1.29 is 9.53 Å². The van der Waals surface area contributed by atoms with E-state index in [1.807, 2.05) is 6.07 Å². The molecule has 3 nitrogen and oxygen atoms in total. The van der Waals surface area contributed by atoms with Crippen LogP contribution in [0.3, 0.4) is 0 Å². The number of carbonyl (C=O) groups excluding carboxylic acids is 1. The first kappa shape index (κ1) is 17.0. The molecule has 1 aliphatic rings. The first-order valence-corrected chi connectivity index (χ1v) is 9.83. The lowest BCUT2D eigenvalue weighted by molar-refractivity contribution is -0.128. The van der Waals surface area contributed by atoms with E-state index in [-0.39, 0.29) is 5.43 Å². The average Bonchev–Trinajstić information content (AvgIpc) is 2.69. The van der Waals surface area contributed by atoms with Gasteiger partial charge in [-0.1, -0.05) is 38.0 Å². The van der Waals surface area contributed by atoms with Crippen molar-refractivity contribution in [3.8, 4) is 5.75 Å². The lowest BCUT2D eigenvalue weighted by atomic mass is 9.84. The maximum absolute atomic E-state index is 13.1. The van der Waals surface area contributed by atoms with E-state index < -0.39 is 5.97 Å². The lowest BCUT2D eigenvalue weighted by Gasteiger charge is -2.22. The molecule has 0 radical (unpaired) electrons. The number of rotatable bonds is 3. The summed E-state index contributed by atoms with van der Waals surface area (Å²) in [6.45, 7) is 3.43. The largest absolute Gasteiger partial charge is 0.422 e. The van der Waals surface area contributed by atoms with Gasteiger partial charge in [-0.2, -0.15) is 0 Å². The summed E-state index contributed by atoms with van der Waals surface area (Å²) in [6.07, 6.45) is 7.39. The second-order valence-electron chi connectivity index (χ2n) is 6.78. The highest BCUT2D eigenvalue weighted by Crippen LogP contribution is 2.36. The van der Waals surface area contributed by atoms with Crippen LogP contribution in [0.25, 0.3) is 20.2 Å². The minimum absolute atomic E-state index is 0.00270. The van der Waals surface area contributed by atoms with Crippen molar-refractivity contribution in [1.29, 1.82) is 0 Å². The molecule has 1 saturated carbocycles. The number of hydrogen-bond acceptors (Lipinski definition) is 4. The quantitative estimate of drug-likeness (QED) is 0.265. The molecule has 132 valence electrons. The summed E-state index contributed by atoms with van der Waals surface area (Å²) in [6, 6.07) is 11.5. The number of benzene rings is 2. The zero-order valence-corrected chi connectivity index (χ0v) is 15.3.